The first kappa shape index (κ1) is 12.3. The highest BCUT2D eigenvalue weighted by Crippen LogP contribution is 2.19. The summed E-state index contributed by atoms with van der Waals surface area (Å²) in [5.41, 5.74) is 0. The van der Waals surface area contributed by atoms with Gasteiger partial charge in [0.05, 0.1) is 19.8 Å². The van der Waals surface area contributed by atoms with Gasteiger partial charge in [-0.15, -0.1) is 0 Å². The van der Waals surface area contributed by atoms with Gasteiger partial charge in [0.25, 0.3) is 0 Å². The Bertz CT molecular complexity index is 209. The second-order valence-corrected chi connectivity index (χ2v) is 4.95. The predicted octanol–water partition coefficient (Wildman–Crippen LogP) is 0.474. The summed E-state index contributed by atoms with van der Waals surface area (Å²) in [6.07, 6.45) is 2.69. The first-order chi connectivity index (χ1) is 7.81. The summed E-state index contributed by atoms with van der Waals surface area (Å²) in [5, 5.41) is 3.60. The van der Waals surface area contributed by atoms with Crippen molar-refractivity contribution in [3.05, 3.63) is 0 Å². The summed E-state index contributed by atoms with van der Waals surface area (Å²) in [4.78, 5) is 2.52. The molecule has 2 rings (SSSR count). The molecule has 16 heavy (non-hydrogen) atoms. The Hall–Kier alpha value is -0.160. The normalized spacial score (nSPS) is 29.2. The first-order valence-electron chi connectivity index (χ1n) is 6.37. The van der Waals surface area contributed by atoms with Gasteiger partial charge in [0.1, 0.15) is 0 Å². The standard InChI is InChI=1S/C12H24N2O2/c1-10-8-16-6-5-14(10)12(9-15-2)7-13-11-3-4-11/h10-13H,3-9H2,1-2H3. The Labute approximate surface area is 98.3 Å². The van der Waals surface area contributed by atoms with E-state index >= 15 is 0 Å². The Morgan fingerprint density at radius 1 is 1.50 bits per heavy atom. The van der Waals surface area contributed by atoms with Crippen LogP contribution in [0.15, 0.2) is 0 Å². The van der Waals surface area contributed by atoms with Gasteiger partial charge >= 0.3 is 0 Å². The molecule has 1 saturated carbocycles. The smallest absolute Gasteiger partial charge is 0.0630 e. The number of nitrogens with zero attached hydrogens (tertiary/aromatic N) is 1. The van der Waals surface area contributed by atoms with Crippen molar-refractivity contribution in [2.24, 2.45) is 0 Å². The van der Waals surface area contributed by atoms with E-state index < -0.39 is 0 Å². The van der Waals surface area contributed by atoms with Gasteiger partial charge in [-0.25, -0.2) is 0 Å². The van der Waals surface area contributed by atoms with Gasteiger partial charge in [-0.1, -0.05) is 0 Å². The van der Waals surface area contributed by atoms with Crippen molar-refractivity contribution in [3.63, 3.8) is 0 Å². The van der Waals surface area contributed by atoms with E-state index in [9.17, 15) is 0 Å². The topological polar surface area (TPSA) is 33.7 Å². The van der Waals surface area contributed by atoms with E-state index in [0.29, 0.717) is 12.1 Å². The second-order valence-electron chi connectivity index (χ2n) is 4.95. The molecule has 2 aliphatic rings. The largest absolute Gasteiger partial charge is 0.383 e. The minimum Gasteiger partial charge on any atom is -0.383 e. The molecule has 1 aliphatic carbocycles. The van der Waals surface area contributed by atoms with Gasteiger partial charge in [0.2, 0.25) is 0 Å². The Kier molecular flexibility index (Phi) is 4.58. The van der Waals surface area contributed by atoms with Crippen LogP contribution in [-0.2, 0) is 9.47 Å². The molecule has 2 atom stereocenters. The maximum Gasteiger partial charge on any atom is 0.0630 e. The molecule has 1 aliphatic heterocycles. The fraction of sp³-hybridized carbons (Fsp3) is 1.00. The van der Waals surface area contributed by atoms with Crippen LogP contribution in [0.5, 0.6) is 0 Å². The maximum atomic E-state index is 5.48. The van der Waals surface area contributed by atoms with Crippen LogP contribution < -0.4 is 5.32 Å². The van der Waals surface area contributed by atoms with Crippen molar-refractivity contribution in [2.45, 2.75) is 37.9 Å². The van der Waals surface area contributed by atoms with Crippen molar-refractivity contribution in [1.82, 2.24) is 10.2 Å². The lowest BCUT2D eigenvalue weighted by atomic mass is 10.1. The summed E-state index contributed by atoms with van der Waals surface area (Å²) in [5.74, 6) is 0. The number of rotatable bonds is 6. The highest BCUT2D eigenvalue weighted by molar-refractivity contribution is 4.86. The lowest BCUT2D eigenvalue weighted by molar-refractivity contribution is -0.0373. The number of ether oxygens (including phenoxy) is 2. The minimum atomic E-state index is 0.490. The molecule has 2 unspecified atom stereocenters. The van der Waals surface area contributed by atoms with Crippen molar-refractivity contribution in [2.75, 3.05) is 40.0 Å². The summed E-state index contributed by atoms with van der Waals surface area (Å²) >= 11 is 0. The molecule has 1 saturated heterocycles. The number of hydrogen-bond acceptors (Lipinski definition) is 4. The third-order valence-electron chi connectivity index (χ3n) is 3.47. The summed E-state index contributed by atoms with van der Waals surface area (Å²) in [6, 6.07) is 1.77. The van der Waals surface area contributed by atoms with Gasteiger partial charge in [0.15, 0.2) is 0 Å². The van der Waals surface area contributed by atoms with E-state index in [4.69, 9.17) is 9.47 Å². The van der Waals surface area contributed by atoms with Gasteiger partial charge in [0, 0.05) is 38.3 Å². The number of methoxy groups -OCH3 is 1. The zero-order chi connectivity index (χ0) is 11.4. The molecule has 0 radical (unpaired) electrons. The number of hydrogen-bond donors (Lipinski definition) is 1. The van der Waals surface area contributed by atoms with Crippen LogP contribution in [0.3, 0.4) is 0 Å². The van der Waals surface area contributed by atoms with E-state index in [1.807, 2.05) is 0 Å². The molecule has 1 N–H and O–H groups in total. The highest BCUT2D eigenvalue weighted by Gasteiger charge is 2.28. The molecule has 0 amide bonds. The predicted molar refractivity (Wildman–Crippen MR) is 63.7 cm³/mol. The van der Waals surface area contributed by atoms with Crippen LogP contribution in [0.25, 0.3) is 0 Å². The summed E-state index contributed by atoms with van der Waals surface area (Å²) in [7, 11) is 1.79. The first-order valence-corrected chi connectivity index (χ1v) is 6.37. The van der Waals surface area contributed by atoms with Crippen LogP contribution in [0, 0.1) is 0 Å². The fourth-order valence-corrected chi connectivity index (χ4v) is 2.34. The highest BCUT2D eigenvalue weighted by atomic mass is 16.5. The molecule has 0 aromatic carbocycles. The van der Waals surface area contributed by atoms with Crippen LogP contribution in [0.2, 0.25) is 0 Å². The van der Waals surface area contributed by atoms with Crippen LogP contribution >= 0.6 is 0 Å². The summed E-state index contributed by atoms with van der Waals surface area (Å²) in [6.45, 7) is 6.82. The molecule has 0 aromatic heterocycles. The van der Waals surface area contributed by atoms with Gasteiger partial charge in [-0.05, 0) is 19.8 Å². The van der Waals surface area contributed by atoms with Crippen molar-refractivity contribution in [3.8, 4) is 0 Å². The average molecular weight is 228 g/mol. The van der Waals surface area contributed by atoms with Gasteiger partial charge < -0.3 is 14.8 Å². The van der Waals surface area contributed by atoms with Crippen LogP contribution in [0.1, 0.15) is 19.8 Å². The Balaban J connectivity index is 1.82. The van der Waals surface area contributed by atoms with Crippen molar-refractivity contribution < 1.29 is 9.47 Å². The Morgan fingerprint density at radius 3 is 2.94 bits per heavy atom. The molecule has 0 aromatic rings. The zero-order valence-corrected chi connectivity index (χ0v) is 10.4. The molecule has 2 fully saturated rings. The molecule has 1 heterocycles. The summed E-state index contributed by atoms with van der Waals surface area (Å²) < 4.78 is 10.8. The molecule has 4 nitrogen and oxygen atoms in total. The van der Waals surface area contributed by atoms with Gasteiger partial charge in [-0.3, -0.25) is 4.90 Å². The van der Waals surface area contributed by atoms with Crippen LogP contribution in [0.4, 0.5) is 0 Å². The number of morpholine rings is 1. The monoisotopic (exact) mass is 228 g/mol. The van der Waals surface area contributed by atoms with E-state index in [-0.39, 0.29) is 0 Å². The molecule has 94 valence electrons. The number of nitrogens with one attached hydrogen (secondary N) is 1. The van der Waals surface area contributed by atoms with Crippen molar-refractivity contribution in [1.29, 1.82) is 0 Å². The fourth-order valence-electron chi connectivity index (χ4n) is 2.34. The quantitative estimate of drug-likeness (QED) is 0.717. The Morgan fingerprint density at radius 2 is 2.31 bits per heavy atom. The molecular weight excluding hydrogens is 204 g/mol. The van der Waals surface area contributed by atoms with E-state index in [1.165, 1.54) is 12.8 Å². The SMILES string of the molecule is COCC(CNC1CC1)N1CCOCC1C. The molecule has 0 bridgehead atoms. The molecule has 4 heteroatoms. The zero-order valence-electron chi connectivity index (χ0n) is 10.4. The second kappa shape index (κ2) is 5.96. The minimum absolute atomic E-state index is 0.490. The van der Waals surface area contributed by atoms with Gasteiger partial charge in [-0.2, -0.15) is 0 Å². The van der Waals surface area contributed by atoms with E-state index in [2.05, 4.69) is 17.1 Å². The van der Waals surface area contributed by atoms with Crippen LogP contribution in [-0.4, -0.2) is 63.0 Å². The molecular formula is C12H24N2O2. The maximum absolute atomic E-state index is 5.48. The molecule has 0 spiro atoms. The van der Waals surface area contributed by atoms with E-state index in [0.717, 1.165) is 39.0 Å². The third-order valence-corrected chi connectivity index (χ3v) is 3.47. The van der Waals surface area contributed by atoms with E-state index in [1.54, 1.807) is 7.11 Å². The lowest BCUT2D eigenvalue weighted by Crippen LogP contribution is -2.54. The lowest BCUT2D eigenvalue weighted by Gasteiger charge is -2.39. The average Bonchev–Trinajstić information content (AvgIpc) is 3.09. The van der Waals surface area contributed by atoms with Crippen molar-refractivity contribution >= 4 is 0 Å². The third kappa shape index (κ3) is 3.42.